The van der Waals surface area contributed by atoms with Gasteiger partial charge >= 0.3 is 0 Å². The van der Waals surface area contributed by atoms with Crippen molar-refractivity contribution >= 4 is 11.6 Å². The van der Waals surface area contributed by atoms with Crippen LogP contribution in [0, 0.1) is 11.3 Å². The molecule has 2 N–H and O–H groups in total. The van der Waals surface area contributed by atoms with Crippen molar-refractivity contribution in [2.45, 2.75) is 31.6 Å². The van der Waals surface area contributed by atoms with Crippen molar-refractivity contribution in [1.82, 2.24) is 4.90 Å². The van der Waals surface area contributed by atoms with E-state index in [2.05, 4.69) is 22.4 Å². The topological polar surface area (TPSA) is 76.4 Å². The third kappa shape index (κ3) is 5.57. The maximum absolute atomic E-state index is 12.1. The lowest BCUT2D eigenvalue weighted by Gasteiger charge is -2.32. The van der Waals surface area contributed by atoms with Crippen molar-refractivity contribution < 1.29 is 9.90 Å². The molecule has 27 heavy (non-hydrogen) atoms. The van der Waals surface area contributed by atoms with Gasteiger partial charge in [0, 0.05) is 12.1 Å². The molecule has 2 aromatic carbocycles. The number of anilines is 1. The van der Waals surface area contributed by atoms with Crippen molar-refractivity contribution in [2.75, 3.05) is 25.0 Å². The second-order valence-electron chi connectivity index (χ2n) is 7.05. The van der Waals surface area contributed by atoms with E-state index in [0.29, 0.717) is 23.7 Å². The van der Waals surface area contributed by atoms with Crippen molar-refractivity contribution in [3.05, 3.63) is 59.7 Å². The smallest absolute Gasteiger partial charge is 0.224 e. The van der Waals surface area contributed by atoms with Gasteiger partial charge in [-0.15, -0.1) is 0 Å². The standard InChI is InChI=1S/C22H25N3O2/c23-16-17-6-8-20(9-7-17)24-22(27)5-2-12-25-13-10-18(11-14-25)19-3-1-4-21(26)15-19/h1,3-4,6-9,15,18,26H,2,5,10-14H2,(H,24,27). The number of hydrogen-bond donors (Lipinski definition) is 2. The molecule has 0 saturated carbocycles. The molecule has 1 fully saturated rings. The number of nitrogens with one attached hydrogen (secondary N) is 1. The number of rotatable bonds is 6. The highest BCUT2D eigenvalue weighted by molar-refractivity contribution is 5.90. The highest BCUT2D eigenvalue weighted by Crippen LogP contribution is 2.29. The Bertz CT molecular complexity index is 803. The summed E-state index contributed by atoms with van der Waals surface area (Å²) in [5, 5.41) is 21.3. The Morgan fingerprint density at radius 2 is 1.93 bits per heavy atom. The van der Waals surface area contributed by atoms with Gasteiger partial charge in [-0.3, -0.25) is 4.79 Å². The van der Waals surface area contributed by atoms with Crippen LogP contribution in [0.4, 0.5) is 5.69 Å². The predicted molar refractivity (Wildman–Crippen MR) is 106 cm³/mol. The van der Waals surface area contributed by atoms with Gasteiger partial charge in [-0.25, -0.2) is 0 Å². The number of benzene rings is 2. The second-order valence-corrected chi connectivity index (χ2v) is 7.05. The number of piperidine rings is 1. The van der Waals surface area contributed by atoms with E-state index in [1.165, 1.54) is 5.56 Å². The molecule has 0 radical (unpaired) electrons. The van der Waals surface area contributed by atoms with E-state index in [1.807, 2.05) is 12.1 Å². The normalized spacial score (nSPS) is 15.2. The third-order valence-electron chi connectivity index (χ3n) is 5.11. The van der Waals surface area contributed by atoms with Crippen LogP contribution in [0.25, 0.3) is 0 Å². The minimum absolute atomic E-state index is 0.00866. The maximum Gasteiger partial charge on any atom is 0.224 e. The third-order valence-corrected chi connectivity index (χ3v) is 5.11. The molecule has 0 aliphatic carbocycles. The van der Waals surface area contributed by atoms with E-state index in [1.54, 1.807) is 30.3 Å². The molecule has 1 amide bonds. The quantitative estimate of drug-likeness (QED) is 0.817. The Morgan fingerprint density at radius 1 is 1.19 bits per heavy atom. The molecule has 2 aromatic rings. The van der Waals surface area contributed by atoms with Crippen LogP contribution < -0.4 is 5.32 Å². The van der Waals surface area contributed by atoms with Gasteiger partial charge in [0.1, 0.15) is 5.75 Å². The van der Waals surface area contributed by atoms with Gasteiger partial charge in [0.25, 0.3) is 0 Å². The molecule has 0 atom stereocenters. The zero-order valence-electron chi connectivity index (χ0n) is 15.4. The van der Waals surface area contributed by atoms with Crippen molar-refractivity contribution in [3.63, 3.8) is 0 Å². The number of amides is 1. The largest absolute Gasteiger partial charge is 0.508 e. The van der Waals surface area contributed by atoms with Crippen LogP contribution in [0.3, 0.4) is 0 Å². The molecule has 140 valence electrons. The first-order valence-corrected chi connectivity index (χ1v) is 9.45. The van der Waals surface area contributed by atoms with E-state index in [0.717, 1.165) is 44.6 Å². The van der Waals surface area contributed by atoms with E-state index in [-0.39, 0.29) is 5.91 Å². The molecular formula is C22H25N3O2. The number of carbonyl (C=O) groups is 1. The summed E-state index contributed by atoms with van der Waals surface area (Å²) < 4.78 is 0. The van der Waals surface area contributed by atoms with Gasteiger partial charge < -0.3 is 15.3 Å². The molecule has 1 aliphatic rings. The Labute approximate surface area is 160 Å². The summed E-state index contributed by atoms with van der Waals surface area (Å²) in [6, 6.07) is 16.5. The molecule has 0 spiro atoms. The van der Waals surface area contributed by atoms with Crippen molar-refractivity contribution in [1.29, 1.82) is 5.26 Å². The zero-order chi connectivity index (χ0) is 19.1. The summed E-state index contributed by atoms with van der Waals surface area (Å²) in [6.07, 6.45) is 3.49. The van der Waals surface area contributed by atoms with Crippen LogP contribution in [0.2, 0.25) is 0 Å². The Kier molecular flexibility index (Phi) is 6.45. The molecule has 0 bridgehead atoms. The van der Waals surface area contributed by atoms with Gasteiger partial charge in [-0.05, 0) is 86.8 Å². The molecule has 3 rings (SSSR count). The molecule has 1 heterocycles. The van der Waals surface area contributed by atoms with E-state index < -0.39 is 0 Å². The lowest BCUT2D eigenvalue weighted by Crippen LogP contribution is -2.34. The number of hydrogen-bond acceptors (Lipinski definition) is 4. The van der Waals surface area contributed by atoms with Crippen LogP contribution in [-0.4, -0.2) is 35.5 Å². The monoisotopic (exact) mass is 363 g/mol. The van der Waals surface area contributed by atoms with Crippen LogP contribution in [0.1, 0.15) is 42.7 Å². The average Bonchev–Trinajstić information content (AvgIpc) is 2.69. The Morgan fingerprint density at radius 3 is 2.59 bits per heavy atom. The van der Waals surface area contributed by atoms with Gasteiger partial charge in [-0.1, -0.05) is 12.1 Å². The zero-order valence-corrected chi connectivity index (χ0v) is 15.4. The average molecular weight is 363 g/mol. The summed E-state index contributed by atoms with van der Waals surface area (Å²) in [5.74, 6) is 0.852. The molecule has 5 nitrogen and oxygen atoms in total. The minimum atomic E-state index is 0.00866. The minimum Gasteiger partial charge on any atom is -0.508 e. The second kappa shape index (κ2) is 9.20. The fourth-order valence-corrected chi connectivity index (χ4v) is 3.58. The van der Waals surface area contributed by atoms with E-state index in [9.17, 15) is 9.90 Å². The molecule has 0 unspecified atom stereocenters. The number of nitrogens with zero attached hydrogens (tertiary/aromatic N) is 2. The van der Waals surface area contributed by atoms with Crippen LogP contribution in [0.5, 0.6) is 5.75 Å². The number of likely N-dealkylation sites (tertiary alicyclic amines) is 1. The van der Waals surface area contributed by atoms with Gasteiger partial charge in [0.05, 0.1) is 11.6 Å². The first-order valence-electron chi connectivity index (χ1n) is 9.45. The summed E-state index contributed by atoms with van der Waals surface area (Å²) in [4.78, 5) is 14.5. The molecule has 1 aliphatic heterocycles. The SMILES string of the molecule is N#Cc1ccc(NC(=O)CCCN2CCC(c3cccc(O)c3)CC2)cc1. The number of phenolic OH excluding ortho intramolecular Hbond substituents is 1. The van der Waals surface area contributed by atoms with E-state index >= 15 is 0 Å². The number of aromatic hydroxyl groups is 1. The van der Waals surface area contributed by atoms with Crippen LogP contribution in [0.15, 0.2) is 48.5 Å². The molecule has 5 heteroatoms. The summed E-state index contributed by atoms with van der Waals surface area (Å²) in [6.45, 7) is 2.97. The highest BCUT2D eigenvalue weighted by atomic mass is 16.3. The van der Waals surface area contributed by atoms with Crippen molar-refractivity contribution in [2.24, 2.45) is 0 Å². The maximum atomic E-state index is 12.1. The van der Waals surface area contributed by atoms with Gasteiger partial charge in [-0.2, -0.15) is 5.26 Å². The van der Waals surface area contributed by atoms with Crippen molar-refractivity contribution in [3.8, 4) is 11.8 Å². The van der Waals surface area contributed by atoms with Crippen LogP contribution >= 0.6 is 0 Å². The van der Waals surface area contributed by atoms with Crippen LogP contribution in [-0.2, 0) is 4.79 Å². The molecule has 1 saturated heterocycles. The summed E-state index contributed by atoms with van der Waals surface area (Å²) >= 11 is 0. The van der Waals surface area contributed by atoms with Gasteiger partial charge in [0.15, 0.2) is 0 Å². The lowest BCUT2D eigenvalue weighted by molar-refractivity contribution is -0.116. The Hall–Kier alpha value is -2.84. The Balaban J connectivity index is 1.36. The first-order chi connectivity index (χ1) is 13.1. The number of nitriles is 1. The number of phenols is 1. The summed E-state index contributed by atoms with van der Waals surface area (Å²) in [5.41, 5.74) is 2.53. The van der Waals surface area contributed by atoms with Gasteiger partial charge in [0.2, 0.25) is 5.91 Å². The fourth-order valence-electron chi connectivity index (χ4n) is 3.58. The first kappa shape index (κ1) is 18.9. The molecule has 0 aromatic heterocycles. The highest BCUT2D eigenvalue weighted by Gasteiger charge is 2.20. The number of carbonyl (C=O) groups excluding carboxylic acids is 1. The summed E-state index contributed by atoms with van der Waals surface area (Å²) in [7, 11) is 0. The lowest BCUT2D eigenvalue weighted by atomic mass is 9.89. The predicted octanol–water partition coefficient (Wildman–Crippen LogP) is 3.86. The fraction of sp³-hybridized carbons (Fsp3) is 0.364. The van der Waals surface area contributed by atoms with E-state index in [4.69, 9.17) is 5.26 Å². The molecular weight excluding hydrogens is 338 g/mol.